The molecule has 0 spiro atoms. The molecule has 0 aromatic carbocycles. The van der Waals surface area contributed by atoms with Gasteiger partial charge in [0.2, 0.25) is 0 Å². The molecule has 0 saturated heterocycles. The van der Waals surface area contributed by atoms with Crippen LogP contribution in [-0.4, -0.2) is 45.5 Å². The number of rotatable bonds is 8. The second kappa shape index (κ2) is 7.34. The highest BCUT2D eigenvalue weighted by Crippen LogP contribution is 2.04. The lowest BCUT2D eigenvalue weighted by Crippen LogP contribution is -2.42. The van der Waals surface area contributed by atoms with E-state index in [4.69, 9.17) is 4.74 Å². The standard InChI is InChI=1S/C11H23N5O/c1-5-7-12-10(9(3)17-6-2)8-11-13-15-16(4)14-11/h9-10,12H,5-8H2,1-4H3. The lowest BCUT2D eigenvalue weighted by Gasteiger charge is -2.23. The highest BCUT2D eigenvalue weighted by atomic mass is 16.5. The summed E-state index contributed by atoms with van der Waals surface area (Å²) in [5.41, 5.74) is 0. The van der Waals surface area contributed by atoms with Gasteiger partial charge >= 0.3 is 0 Å². The average Bonchev–Trinajstić information content (AvgIpc) is 2.70. The van der Waals surface area contributed by atoms with Crippen molar-refractivity contribution in [3.63, 3.8) is 0 Å². The SMILES string of the molecule is CCCNC(Cc1nnn(C)n1)C(C)OCC. The van der Waals surface area contributed by atoms with Crippen LogP contribution in [0.3, 0.4) is 0 Å². The summed E-state index contributed by atoms with van der Waals surface area (Å²) in [7, 11) is 1.77. The van der Waals surface area contributed by atoms with E-state index < -0.39 is 0 Å². The molecule has 6 nitrogen and oxygen atoms in total. The van der Waals surface area contributed by atoms with Crippen molar-refractivity contribution in [1.29, 1.82) is 0 Å². The first-order valence-corrected chi connectivity index (χ1v) is 6.25. The van der Waals surface area contributed by atoms with Crippen LogP contribution in [0.1, 0.15) is 33.0 Å². The molecule has 0 radical (unpaired) electrons. The first-order valence-electron chi connectivity index (χ1n) is 6.25. The second-order valence-corrected chi connectivity index (χ2v) is 4.12. The summed E-state index contributed by atoms with van der Waals surface area (Å²) >= 11 is 0. The third-order valence-corrected chi connectivity index (χ3v) is 2.60. The van der Waals surface area contributed by atoms with Crippen LogP contribution in [0.2, 0.25) is 0 Å². The van der Waals surface area contributed by atoms with Gasteiger partial charge in [0.1, 0.15) is 0 Å². The van der Waals surface area contributed by atoms with Gasteiger partial charge in [-0.3, -0.25) is 0 Å². The quantitative estimate of drug-likeness (QED) is 0.720. The highest BCUT2D eigenvalue weighted by Gasteiger charge is 2.19. The number of hydrogen-bond acceptors (Lipinski definition) is 5. The Kier molecular flexibility index (Phi) is 6.07. The number of hydrogen-bond donors (Lipinski definition) is 1. The molecule has 0 fully saturated rings. The van der Waals surface area contributed by atoms with Crippen LogP contribution in [0.4, 0.5) is 0 Å². The second-order valence-electron chi connectivity index (χ2n) is 4.12. The molecule has 0 bridgehead atoms. The molecule has 2 atom stereocenters. The Bertz CT molecular complexity index is 315. The first-order chi connectivity index (χ1) is 8.17. The molecule has 0 aliphatic heterocycles. The van der Waals surface area contributed by atoms with E-state index in [9.17, 15) is 0 Å². The molecular formula is C11H23N5O. The maximum Gasteiger partial charge on any atom is 0.176 e. The zero-order chi connectivity index (χ0) is 12.7. The van der Waals surface area contributed by atoms with Gasteiger partial charge < -0.3 is 10.1 Å². The molecule has 0 aliphatic rings. The maximum atomic E-state index is 5.63. The van der Waals surface area contributed by atoms with Gasteiger partial charge in [-0.1, -0.05) is 6.92 Å². The first kappa shape index (κ1) is 14.1. The van der Waals surface area contributed by atoms with Crippen LogP contribution in [0.25, 0.3) is 0 Å². The van der Waals surface area contributed by atoms with Crippen molar-refractivity contribution in [2.45, 2.75) is 45.8 Å². The maximum absolute atomic E-state index is 5.63. The van der Waals surface area contributed by atoms with Crippen molar-refractivity contribution in [1.82, 2.24) is 25.5 Å². The molecule has 0 amide bonds. The lowest BCUT2D eigenvalue weighted by atomic mass is 10.1. The Morgan fingerprint density at radius 2 is 2.18 bits per heavy atom. The lowest BCUT2D eigenvalue weighted by molar-refractivity contribution is 0.0471. The summed E-state index contributed by atoms with van der Waals surface area (Å²) in [6.07, 6.45) is 1.99. The summed E-state index contributed by atoms with van der Waals surface area (Å²) in [6, 6.07) is 0.235. The Morgan fingerprint density at radius 3 is 2.71 bits per heavy atom. The van der Waals surface area contributed by atoms with Crippen LogP contribution in [-0.2, 0) is 18.2 Å². The van der Waals surface area contributed by atoms with E-state index in [2.05, 4.69) is 34.6 Å². The fraction of sp³-hybridized carbons (Fsp3) is 0.909. The molecule has 0 saturated carbocycles. The minimum Gasteiger partial charge on any atom is -0.377 e. The molecule has 6 heteroatoms. The van der Waals surface area contributed by atoms with E-state index in [1.807, 2.05) is 6.92 Å². The van der Waals surface area contributed by atoms with Gasteiger partial charge in [-0.15, -0.1) is 10.2 Å². The van der Waals surface area contributed by atoms with Gasteiger partial charge in [0.15, 0.2) is 5.82 Å². The molecule has 0 aliphatic carbocycles. The van der Waals surface area contributed by atoms with Crippen molar-refractivity contribution in [2.24, 2.45) is 7.05 Å². The van der Waals surface area contributed by atoms with Crippen LogP contribution >= 0.6 is 0 Å². The third kappa shape index (κ3) is 4.79. The minimum atomic E-state index is 0.148. The van der Waals surface area contributed by atoms with E-state index in [0.717, 1.165) is 31.8 Å². The van der Waals surface area contributed by atoms with Crippen LogP contribution in [0.15, 0.2) is 0 Å². The molecule has 1 aromatic heterocycles. The molecule has 17 heavy (non-hydrogen) atoms. The summed E-state index contributed by atoms with van der Waals surface area (Å²) in [6.45, 7) is 7.93. The van der Waals surface area contributed by atoms with E-state index in [1.165, 1.54) is 4.80 Å². The van der Waals surface area contributed by atoms with E-state index in [1.54, 1.807) is 7.05 Å². The van der Waals surface area contributed by atoms with Gasteiger partial charge in [0.25, 0.3) is 0 Å². The topological polar surface area (TPSA) is 64.9 Å². The molecule has 1 rings (SSSR count). The smallest absolute Gasteiger partial charge is 0.176 e. The Morgan fingerprint density at radius 1 is 1.41 bits per heavy atom. The van der Waals surface area contributed by atoms with Gasteiger partial charge in [-0.25, -0.2) is 0 Å². The van der Waals surface area contributed by atoms with Crippen molar-refractivity contribution in [2.75, 3.05) is 13.2 Å². The minimum absolute atomic E-state index is 0.148. The predicted octanol–water partition coefficient (Wildman–Crippen LogP) is 0.546. The summed E-state index contributed by atoms with van der Waals surface area (Å²) in [5, 5.41) is 15.5. The van der Waals surface area contributed by atoms with E-state index in [0.29, 0.717) is 0 Å². The van der Waals surface area contributed by atoms with Gasteiger partial charge in [0.05, 0.1) is 13.2 Å². The Labute approximate surface area is 103 Å². The predicted molar refractivity (Wildman–Crippen MR) is 65.7 cm³/mol. The number of ether oxygens (including phenoxy) is 1. The van der Waals surface area contributed by atoms with Crippen LogP contribution in [0.5, 0.6) is 0 Å². The monoisotopic (exact) mass is 241 g/mol. The van der Waals surface area contributed by atoms with Gasteiger partial charge in [-0.05, 0) is 32.0 Å². The number of nitrogens with one attached hydrogen (secondary N) is 1. The molecule has 1 heterocycles. The molecule has 2 unspecified atom stereocenters. The Balaban J connectivity index is 2.55. The number of tetrazole rings is 1. The fourth-order valence-electron chi connectivity index (χ4n) is 1.71. The molecule has 98 valence electrons. The fourth-order valence-corrected chi connectivity index (χ4v) is 1.71. The van der Waals surface area contributed by atoms with Crippen LogP contribution < -0.4 is 5.32 Å². The van der Waals surface area contributed by atoms with Crippen molar-refractivity contribution < 1.29 is 4.74 Å². The van der Waals surface area contributed by atoms with Crippen molar-refractivity contribution in [3.8, 4) is 0 Å². The summed E-state index contributed by atoms with van der Waals surface area (Å²) < 4.78 is 5.63. The van der Waals surface area contributed by atoms with Crippen molar-refractivity contribution >= 4 is 0 Å². The molecule has 1 N–H and O–H groups in total. The third-order valence-electron chi connectivity index (χ3n) is 2.60. The Hall–Kier alpha value is -1.01. The normalized spacial score (nSPS) is 14.8. The van der Waals surface area contributed by atoms with E-state index in [-0.39, 0.29) is 12.1 Å². The number of nitrogens with zero attached hydrogens (tertiary/aromatic N) is 4. The highest BCUT2D eigenvalue weighted by molar-refractivity contribution is 4.87. The zero-order valence-corrected chi connectivity index (χ0v) is 11.2. The average molecular weight is 241 g/mol. The summed E-state index contributed by atoms with van der Waals surface area (Å²) in [5.74, 6) is 0.757. The van der Waals surface area contributed by atoms with E-state index >= 15 is 0 Å². The number of aromatic nitrogens is 4. The van der Waals surface area contributed by atoms with Gasteiger partial charge in [0, 0.05) is 19.1 Å². The number of aryl methyl sites for hydroxylation is 1. The zero-order valence-electron chi connectivity index (χ0n) is 11.2. The molecular weight excluding hydrogens is 218 g/mol. The summed E-state index contributed by atoms with van der Waals surface area (Å²) in [4.78, 5) is 1.48. The van der Waals surface area contributed by atoms with Gasteiger partial charge in [-0.2, -0.15) is 4.80 Å². The molecule has 1 aromatic rings. The van der Waals surface area contributed by atoms with Crippen molar-refractivity contribution in [3.05, 3.63) is 5.82 Å². The van der Waals surface area contributed by atoms with Crippen LogP contribution in [0, 0.1) is 0 Å². The largest absolute Gasteiger partial charge is 0.377 e.